The number of aliphatic hydroxyl groups excluding tert-OH is 1. The van der Waals surface area contributed by atoms with Gasteiger partial charge in [-0.25, -0.2) is 0 Å². The number of ether oxygens (including phenoxy) is 1. The maximum atomic E-state index is 8.80. The molecule has 1 N–H and O–H groups in total. The lowest BCUT2D eigenvalue weighted by atomic mass is 9.96. The number of hydrogen-bond donors (Lipinski definition) is 1. The Bertz CT molecular complexity index is 273. The molecule has 14 heavy (non-hydrogen) atoms. The van der Waals surface area contributed by atoms with Crippen LogP contribution in [0, 0.1) is 0 Å². The highest BCUT2D eigenvalue weighted by Crippen LogP contribution is 2.29. The predicted octanol–water partition coefficient (Wildman–Crippen LogP) is 1.22. The molecule has 1 heterocycles. The fourth-order valence-electron chi connectivity index (χ4n) is 1.45. The maximum Gasteiger partial charge on any atom is 0.252 e. The molecule has 0 radical (unpaired) electrons. The highest BCUT2D eigenvalue weighted by atomic mass is 16.5. The molecule has 5 nitrogen and oxygen atoms in total. The van der Waals surface area contributed by atoms with Crippen molar-refractivity contribution in [1.29, 1.82) is 0 Å². The summed E-state index contributed by atoms with van der Waals surface area (Å²) in [6.07, 6.45) is 1.54. The monoisotopic (exact) mass is 200 g/mol. The number of aromatic nitrogens is 2. The Morgan fingerprint density at radius 1 is 1.43 bits per heavy atom. The molecule has 5 heteroatoms. The molecule has 0 saturated heterocycles. The Balaban J connectivity index is 2.98. The van der Waals surface area contributed by atoms with Gasteiger partial charge in [0, 0.05) is 7.11 Å². The Hall–Kier alpha value is -0.940. The smallest absolute Gasteiger partial charge is 0.252 e. The van der Waals surface area contributed by atoms with Crippen LogP contribution in [-0.4, -0.2) is 22.4 Å². The Morgan fingerprint density at radius 3 is 2.43 bits per heavy atom. The van der Waals surface area contributed by atoms with Crippen molar-refractivity contribution >= 4 is 0 Å². The third kappa shape index (κ3) is 1.78. The molecule has 1 aromatic rings. The van der Waals surface area contributed by atoms with Crippen LogP contribution in [0.5, 0.6) is 0 Å². The third-order valence-corrected chi connectivity index (χ3v) is 2.54. The minimum absolute atomic E-state index is 0.225. The highest BCUT2D eigenvalue weighted by molar-refractivity contribution is 5.00. The van der Waals surface area contributed by atoms with Gasteiger partial charge in [-0.2, -0.15) is 4.98 Å². The van der Waals surface area contributed by atoms with E-state index in [9.17, 15) is 0 Å². The standard InChI is InChI=1S/C9H16N2O3/c1-4-9(5-2,13-3)8-10-7(6-12)14-11-8/h12H,4-6H2,1-3H3. The molecule has 1 rings (SSSR count). The van der Waals surface area contributed by atoms with Gasteiger partial charge in [0.1, 0.15) is 12.2 Å². The Labute approximate surface area is 83.1 Å². The van der Waals surface area contributed by atoms with Gasteiger partial charge in [0.25, 0.3) is 5.89 Å². The van der Waals surface area contributed by atoms with E-state index in [-0.39, 0.29) is 12.5 Å². The topological polar surface area (TPSA) is 68.4 Å². The maximum absolute atomic E-state index is 8.80. The number of hydrogen-bond acceptors (Lipinski definition) is 5. The van der Waals surface area contributed by atoms with Crippen LogP contribution in [-0.2, 0) is 16.9 Å². The van der Waals surface area contributed by atoms with Gasteiger partial charge in [-0.15, -0.1) is 0 Å². The van der Waals surface area contributed by atoms with E-state index in [0.717, 1.165) is 12.8 Å². The molecule has 0 fully saturated rings. The van der Waals surface area contributed by atoms with Crippen molar-refractivity contribution in [3.63, 3.8) is 0 Å². The van der Waals surface area contributed by atoms with Crippen LogP contribution in [0.1, 0.15) is 38.4 Å². The molecule has 0 unspecified atom stereocenters. The quantitative estimate of drug-likeness (QED) is 0.774. The zero-order chi connectivity index (χ0) is 10.6. The molecule has 0 bridgehead atoms. The van der Waals surface area contributed by atoms with Crippen molar-refractivity contribution in [2.24, 2.45) is 0 Å². The number of methoxy groups -OCH3 is 1. The first-order valence-corrected chi connectivity index (χ1v) is 4.71. The molecule has 80 valence electrons. The molecule has 0 atom stereocenters. The fraction of sp³-hybridized carbons (Fsp3) is 0.778. The summed E-state index contributed by atoms with van der Waals surface area (Å²) >= 11 is 0. The summed E-state index contributed by atoms with van der Waals surface area (Å²) < 4.78 is 10.2. The molecule has 0 amide bonds. The van der Waals surface area contributed by atoms with Crippen molar-refractivity contribution in [2.45, 2.75) is 38.9 Å². The summed E-state index contributed by atoms with van der Waals surface area (Å²) in [5, 5.41) is 12.6. The summed E-state index contributed by atoms with van der Waals surface area (Å²) in [6, 6.07) is 0. The summed E-state index contributed by atoms with van der Waals surface area (Å²) in [7, 11) is 1.63. The molecular formula is C9H16N2O3. The van der Waals surface area contributed by atoms with Crippen LogP contribution in [0.4, 0.5) is 0 Å². The Kier molecular flexibility index (Phi) is 3.60. The lowest BCUT2D eigenvalue weighted by Crippen LogP contribution is -2.28. The summed E-state index contributed by atoms with van der Waals surface area (Å²) in [5.74, 6) is 0.734. The van der Waals surface area contributed by atoms with Crippen molar-refractivity contribution in [2.75, 3.05) is 7.11 Å². The first kappa shape index (κ1) is 11.1. The highest BCUT2D eigenvalue weighted by Gasteiger charge is 2.33. The van der Waals surface area contributed by atoms with Gasteiger partial charge in [-0.1, -0.05) is 19.0 Å². The minimum Gasteiger partial charge on any atom is -0.387 e. The third-order valence-electron chi connectivity index (χ3n) is 2.54. The lowest BCUT2D eigenvalue weighted by molar-refractivity contribution is -0.0306. The van der Waals surface area contributed by atoms with E-state index in [0.29, 0.717) is 5.82 Å². The Morgan fingerprint density at radius 2 is 2.07 bits per heavy atom. The predicted molar refractivity (Wildman–Crippen MR) is 49.5 cm³/mol. The molecule has 1 aromatic heterocycles. The number of rotatable bonds is 5. The SMILES string of the molecule is CCC(CC)(OC)c1noc(CO)n1. The molecule has 0 saturated carbocycles. The first-order valence-electron chi connectivity index (χ1n) is 4.71. The van der Waals surface area contributed by atoms with Gasteiger partial charge in [0.05, 0.1) is 0 Å². The van der Waals surface area contributed by atoms with Gasteiger partial charge < -0.3 is 14.4 Å². The largest absolute Gasteiger partial charge is 0.387 e. The van der Waals surface area contributed by atoms with Gasteiger partial charge in [-0.3, -0.25) is 0 Å². The van der Waals surface area contributed by atoms with E-state index < -0.39 is 5.60 Å². The molecule has 0 aromatic carbocycles. The number of aliphatic hydroxyl groups is 1. The minimum atomic E-state index is -0.489. The fourth-order valence-corrected chi connectivity index (χ4v) is 1.45. The van der Waals surface area contributed by atoms with Crippen LogP contribution < -0.4 is 0 Å². The average Bonchev–Trinajstić information content (AvgIpc) is 2.71. The second-order valence-electron chi connectivity index (χ2n) is 3.08. The molecule has 0 aliphatic rings. The molecule has 0 spiro atoms. The summed E-state index contributed by atoms with van der Waals surface area (Å²) in [6.45, 7) is 3.77. The molecule has 0 aliphatic heterocycles. The van der Waals surface area contributed by atoms with Crippen molar-refractivity contribution in [3.8, 4) is 0 Å². The lowest BCUT2D eigenvalue weighted by Gasteiger charge is -2.25. The van der Waals surface area contributed by atoms with Gasteiger partial charge in [0.15, 0.2) is 0 Å². The normalized spacial score (nSPS) is 12.0. The van der Waals surface area contributed by atoms with Gasteiger partial charge >= 0.3 is 0 Å². The zero-order valence-corrected chi connectivity index (χ0v) is 8.78. The van der Waals surface area contributed by atoms with E-state index in [1.165, 1.54) is 0 Å². The zero-order valence-electron chi connectivity index (χ0n) is 8.78. The van der Waals surface area contributed by atoms with Crippen LogP contribution in [0.25, 0.3) is 0 Å². The van der Waals surface area contributed by atoms with E-state index in [4.69, 9.17) is 14.4 Å². The van der Waals surface area contributed by atoms with E-state index in [1.54, 1.807) is 7.11 Å². The van der Waals surface area contributed by atoms with Crippen molar-refractivity contribution < 1.29 is 14.4 Å². The van der Waals surface area contributed by atoms with E-state index >= 15 is 0 Å². The first-order chi connectivity index (χ1) is 6.72. The molecule has 0 aliphatic carbocycles. The van der Waals surface area contributed by atoms with Gasteiger partial charge in [-0.05, 0) is 12.8 Å². The van der Waals surface area contributed by atoms with Crippen LogP contribution in [0.3, 0.4) is 0 Å². The summed E-state index contributed by atoms with van der Waals surface area (Å²) in [4.78, 5) is 4.06. The average molecular weight is 200 g/mol. The van der Waals surface area contributed by atoms with Gasteiger partial charge in [0.2, 0.25) is 5.82 Å². The summed E-state index contributed by atoms with van der Waals surface area (Å²) in [5.41, 5.74) is -0.489. The second kappa shape index (κ2) is 4.52. The van der Waals surface area contributed by atoms with E-state index in [1.807, 2.05) is 13.8 Å². The molecular weight excluding hydrogens is 184 g/mol. The van der Waals surface area contributed by atoms with Crippen molar-refractivity contribution in [3.05, 3.63) is 11.7 Å². The van der Waals surface area contributed by atoms with Crippen LogP contribution >= 0.6 is 0 Å². The second-order valence-corrected chi connectivity index (χ2v) is 3.08. The van der Waals surface area contributed by atoms with E-state index in [2.05, 4.69) is 10.1 Å². The van der Waals surface area contributed by atoms with Crippen LogP contribution in [0.15, 0.2) is 4.52 Å². The van der Waals surface area contributed by atoms with Crippen LogP contribution in [0.2, 0.25) is 0 Å². The van der Waals surface area contributed by atoms with Crippen molar-refractivity contribution in [1.82, 2.24) is 10.1 Å². The number of nitrogens with zero attached hydrogens (tertiary/aromatic N) is 2.